The van der Waals surface area contributed by atoms with Crippen LogP contribution in [0.15, 0.2) is 22.6 Å². The molecule has 1 unspecified atom stereocenters. The van der Waals surface area contributed by atoms with Crippen LogP contribution in [0.1, 0.15) is 36.9 Å². The summed E-state index contributed by atoms with van der Waals surface area (Å²) in [5.41, 5.74) is 0.940. The maximum Gasteiger partial charge on any atom is 0.375 e. The van der Waals surface area contributed by atoms with Crippen molar-refractivity contribution in [3.05, 3.63) is 34.5 Å². The van der Waals surface area contributed by atoms with Crippen LogP contribution in [0, 0.1) is 6.92 Å². The number of aryl methyl sites for hydroxylation is 1. The van der Waals surface area contributed by atoms with E-state index in [2.05, 4.69) is 10.6 Å². The van der Waals surface area contributed by atoms with E-state index < -0.39 is 24.0 Å². The molecule has 0 aliphatic rings. The molecule has 2 aromatic rings. The number of halogens is 1. The number of imide groups is 1. The van der Waals surface area contributed by atoms with E-state index in [9.17, 15) is 14.4 Å². The lowest BCUT2D eigenvalue weighted by molar-refractivity contribution is -0.128. The van der Waals surface area contributed by atoms with Gasteiger partial charge in [-0.15, -0.1) is 0 Å². The van der Waals surface area contributed by atoms with E-state index in [0.717, 1.165) is 0 Å². The summed E-state index contributed by atoms with van der Waals surface area (Å²) < 4.78 is 10.6. The largest absolute Gasteiger partial charge is 0.447 e. The number of hydrogen-bond acceptors (Lipinski definition) is 5. The second kappa shape index (κ2) is 7.57. The first-order valence-electron chi connectivity index (χ1n) is 7.70. The van der Waals surface area contributed by atoms with Gasteiger partial charge in [-0.05, 0) is 33.8 Å². The number of rotatable bonds is 4. The van der Waals surface area contributed by atoms with Crippen molar-refractivity contribution in [3.63, 3.8) is 0 Å². The summed E-state index contributed by atoms with van der Waals surface area (Å²) in [6, 6.07) is 4.36. The first-order valence-corrected chi connectivity index (χ1v) is 8.08. The monoisotopic (exact) mass is 366 g/mol. The van der Waals surface area contributed by atoms with Crippen LogP contribution >= 0.6 is 11.6 Å². The normalized spacial score (nSPS) is 12.1. The van der Waals surface area contributed by atoms with Crippen LogP contribution in [0.4, 0.5) is 4.79 Å². The average molecular weight is 367 g/mol. The minimum atomic E-state index is -1.17. The standard InChI is InChI=1S/C17H19ClN2O5/c1-8(2)19-17(23)20-15(21)10(4)24-16(22)13-9(3)11-6-5-7-12(18)14(11)25-13/h5-8,10H,1-4H3,(H2,19,20,21,23). The minimum absolute atomic E-state index is 0.0330. The number of hydrogen-bond donors (Lipinski definition) is 2. The molecule has 1 heterocycles. The molecule has 134 valence electrons. The Labute approximate surface area is 149 Å². The number of amides is 3. The van der Waals surface area contributed by atoms with Crippen molar-refractivity contribution in [2.45, 2.75) is 39.8 Å². The molecule has 0 saturated carbocycles. The third kappa shape index (κ3) is 4.30. The van der Waals surface area contributed by atoms with Crippen LogP contribution < -0.4 is 10.6 Å². The van der Waals surface area contributed by atoms with Gasteiger partial charge in [-0.2, -0.15) is 0 Å². The average Bonchev–Trinajstić information content (AvgIpc) is 2.85. The molecule has 1 atom stereocenters. The van der Waals surface area contributed by atoms with E-state index >= 15 is 0 Å². The number of urea groups is 1. The van der Waals surface area contributed by atoms with Crippen molar-refractivity contribution < 1.29 is 23.5 Å². The quantitative estimate of drug-likeness (QED) is 0.810. The van der Waals surface area contributed by atoms with Crippen LogP contribution in [0.3, 0.4) is 0 Å². The molecule has 2 rings (SSSR count). The Morgan fingerprint density at radius 1 is 1.20 bits per heavy atom. The molecule has 3 amide bonds. The van der Waals surface area contributed by atoms with E-state index in [-0.39, 0.29) is 11.8 Å². The Balaban J connectivity index is 2.09. The molecule has 0 radical (unpaired) electrons. The molecule has 0 aliphatic carbocycles. The third-order valence-electron chi connectivity index (χ3n) is 3.41. The van der Waals surface area contributed by atoms with Crippen LogP contribution in [0.5, 0.6) is 0 Å². The zero-order valence-electron chi connectivity index (χ0n) is 14.3. The third-order valence-corrected chi connectivity index (χ3v) is 3.71. The highest BCUT2D eigenvalue weighted by molar-refractivity contribution is 6.35. The summed E-state index contributed by atoms with van der Waals surface area (Å²) in [7, 11) is 0. The van der Waals surface area contributed by atoms with E-state index in [0.29, 0.717) is 21.6 Å². The molecule has 1 aromatic heterocycles. The molecule has 0 saturated heterocycles. The van der Waals surface area contributed by atoms with Crippen LogP contribution in [-0.4, -0.2) is 30.1 Å². The number of esters is 1. The number of ether oxygens (including phenoxy) is 1. The van der Waals surface area contributed by atoms with Gasteiger partial charge in [0, 0.05) is 17.0 Å². The maximum atomic E-state index is 12.3. The van der Waals surface area contributed by atoms with Gasteiger partial charge in [0.15, 0.2) is 11.7 Å². The minimum Gasteiger partial charge on any atom is -0.447 e. The second-order valence-electron chi connectivity index (χ2n) is 5.84. The van der Waals surface area contributed by atoms with Gasteiger partial charge in [-0.3, -0.25) is 10.1 Å². The van der Waals surface area contributed by atoms with Gasteiger partial charge in [0.1, 0.15) is 0 Å². The summed E-state index contributed by atoms with van der Waals surface area (Å²) in [6.45, 7) is 6.56. The van der Waals surface area contributed by atoms with Gasteiger partial charge in [0.25, 0.3) is 5.91 Å². The number of fused-ring (bicyclic) bond motifs is 1. The fourth-order valence-electron chi connectivity index (χ4n) is 2.18. The smallest absolute Gasteiger partial charge is 0.375 e. The number of carbonyl (C=O) groups is 3. The van der Waals surface area contributed by atoms with Crippen LogP contribution in [-0.2, 0) is 9.53 Å². The Morgan fingerprint density at radius 2 is 1.88 bits per heavy atom. The van der Waals surface area contributed by atoms with E-state index in [1.165, 1.54) is 6.92 Å². The van der Waals surface area contributed by atoms with Gasteiger partial charge < -0.3 is 14.5 Å². The van der Waals surface area contributed by atoms with Crippen molar-refractivity contribution in [1.29, 1.82) is 0 Å². The number of benzene rings is 1. The maximum absolute atomic E-state index is 12.3. The molecule has 2 N–H and O–H groups in total. The lowest BCUT2D eigenvalue weighted by atomic mass is 10.1. The van der Waals surface area contributed by atoms with Crippen molar-refractivity contribution >= 4 is 40.5 Å². The second-order valence-corrected chi connectivity index (χ2v) is 6.24. The lowest BCUT2D eigenvalue weighted by Crippen LogP contribution is -2.46. The van der Waals surface area contributed by atoms with Gasteiger partial charge in [0.05, 0.1) is 5.02 Å². The highest BCUT2D eigenvalue weighted by atomic mass is 35.5. The lowest BCUT2D eigenvalue weighted by Gasteiger charge is -2.13. The van der Waals surface area contributed by atoms with Gasteiger partial charge in [0.2, 0.25) is 5.76 Å². The summed E-state index contributed by atoms with van der Waals surface area (Å²) >= 11 is 6.05. The summed E-state index contributed by atoms with van der Waals surface area (Å²) in [6.07, 6.45) is -1.17. The Hall–Kier alpha value is -2.54. The fraction of sp³-hybridized carbons (Fsp3) is 0.353. The SMILES string of the molecule is Cc1c(C(=O)OC(C)C(=O)NC(=O)NC(C)C)oc2c(Cl)cccc12. The molecule has 7 nitrogen and oxygen atoms in total. The molecular formula is C17H19ClN2O5. The highest BCUT2D eigenvalue weighted by Crippen LogP contribution is 2.31. The Morgan fingerprint density at radius 3 is 2.48 bits per heavy atom. The van der Waals surface area contributed by atoms with Crippen molar-refractivity contribution in [1.82, 2.24) is 10.6 Å². The molecular weight excluding hydrogens is 348 g/mol. The van der Waals surface area contributed by atoms with Crippen LogP contribution in [0.25, 0.3) is 11.0 Å². The van der Waals surface area contributed by atoms with Crippen molar-refractivity contribution in [2.75, 3.05) is 0 Å². The van der Waals surface area contributed by atoms with Gasteiger partial charge in [-0.1, -0.05) is 23.7 Å². The Bertz CT molecular complexity index is 828. The topological polar surface area (TPSA) is 97.6 Å². The van der Waals surface area contributed by atoms with E-state index in [4.69, 9.17) is 20.8 Å². The number of nitrogens with one attached hydrogen (secondary N) is 2. The molecule has 8 heteroatoms. The zero-order chi connectivity index (χ0) is 18.7. The first-order chi connectivity index (χ1) is 11.7. The summed E-state index contributed by atoms with van der Waals surface area (Å²) in [5, 5.41) is 5.66. The predicted octanol–water partition coefficient (Wildman–Crippen LogP) is 3.17. The molecule has 0 aliphatic heterocycles. The van der Waals surface area contributed by atoms with Gasteiger partial charge in [-0.25, -0.2) is 9.59 Å². The zero-order valence-corrected chi connectivity index (χ0v) is 15.1. The fourth-order valence-corrected chi connectivity index (χ4v) is 2.40. The number of furan rings is 1. The van der Waals surface area contributed by atoms with E-state index in [1.807, 2.05) is 0 Å². The molecule has 0 spiro atoms. The molecule has 0 bridgehead atoms. The number of carbonyl (C=O) groups excluding carboxylic acids is 3. The van der Waals surface area contributed by atoms with Crippen molar-refractivity contribution in [3.8, 4) is 0 Å². The predicted molar refractivity (Wildman–Crippen MR) is 92.6 cm³/mol. The molecule has 1 aromatic carbocycles. The van der Waals surface area contributed by atoms with E-state index in [1.54, 1.807) is 39.0 Å². The van der Waals surface area contributed by atoms with Crippen molar-refractivity contribution in [2.24, 2.45) is 0 Å². The van der Waals surface area contributed by atoms with Gasteiger partial charge >= 0.3 is 12.0 Å². The summed E-state index contributed by atoms with van der Waals surface area (Å²) in [5.74, 6) is -1.58. The molecule has 0 fully saturated rings. The van der Waals surface area contributed by atoms with Crippen LogP contribution in [0.2, 0.25) is 5.02 Å². The Kier molecular flexibility index (Phi) is 5.69. The highest BCUT2D eigenvalue weighted by Gasteiger charge is 2.25. The number of para-hydroxylation sites is 1. The summed E-state index contributed by atoms with van der Waals surface area (Å²) in [4.78, 5) is 35.7. The first kappa shape index (κ1) is 18.8. The molecule has 25 heavy (non-hydrogen) atoms.